The molecule has 0 fully saturated rings. The Morgan fingerprint density at radius 3 is 1.67 bits per heavy atom. The fraction of sp³-hybridized carbons (Fsp3) is 0.750. The van der Waals surface area contributed by atoms with Gasteiger partial charge in [0.2, 0.25) is 0 Å². The zero-order chi connectivity index (χ0) is 38.5. The van der Waals surface area contributed by atoms with E-state index in [1.807, 2.05) is 21.1 Å². The summed E-state index contributed by atoms with van der Waals surface area (Å²) in [6.45, 7) is 4.54. The number of allylic oxidation sites excluding steroid dienone is 8. The number of rotatable bonds is 36. The first kappa shape index (κ1) is 49.3. The summed E-state index contributed by atoms with van der Waals surface area (Å²) >= 11 is 0. The Labute approximate surface area is 318 Å². The molecule has 0 spiro atoms. The van der Waals surface area contributed by atoms with Gasteiger partial charge in [0, 0.05) is 19.3 Å². The van der Waals surface area contributed by atoms with Crippen molar-refractivity contribution in [3.05, 3.63) is 48.6 Å². The average Bonchev–Trinajstić information content (AvgIpc) is 3.09. The molecule has 2 atom stereocenters. The number of unbranched alkanes of at least 4 members (excludes halogenated alkanes) is 14. The number of carbonyl (C=O) groups excluding carboxylic acids is 2. The molecule has 0 aliphatic carbocycles. The van der Waals surface area contributed by atoms with Gasteiger partial charge >= 0.3 is 17.9 Å². The molecule has 0 heterocycles. The predicted octanol–water partition coefficient (Wildman–Crippen LogP) is 10.9. The van der Waals surface area contributed by atoms with E-state index < -0.39 is 18.1 Å². The zero-order valence-electron chi connectivity index (χ0n) is 34.0. The highest BCUT2D eigenvalue weighted by Crippen LogP contribution is 2.13. The first-order chi connectivity index (χ1) is 25.1. The van der Waals surface area contributed by atoms with Gasteiger partial charge in [0.1, 0.15) is 6.61 Å². The molecule has 0 aliphatic rings. The number of hydrogen-bond acceptors (Lipinski definition) is 6. The van der Waals surface area contributed by atoms with E-state index in [9.17, 15) is 19.5 Å². The number of ether oxygens (including phenoxy) is 3. The van der Waals surface area contributed by atoms with Gasteiger partial charge in [-0.2, -0.15) is 0 Å². The van der Waals surface area contributed by atoms with E-state index in [0.717, 1.165) is 57.8 Å². The van der Waals surface area contributed by atoms with E-state index in [1.54, 1.807) is 0 Å². The second-order valence-electron chi connectivity index (χ2n) is 14.9. The van der Waals surface area contributed by atoms with Crippen molar-refractivity contribution in [3.8, 4) is 0 Å². The van der Waals surface area contributed by atoms with Crippen LogP contribution in [0.15, 0.2) is 48.6 Å². The normalized spacial score (nSPS) is 13.5. The highest BCUT2D eigenvalue weighted by Gasteiger charge is 2.31. The van der Waals surface area contributed by atoms with E-state index in [0.29, 0.717) is 19.3 Å². The summed E-state index contributed by atoms with van der Waals surface area (Å²) in [6, 6.07) is -0.618. The number of carbonyl (C=O) groups is 3. The smallest absolute Gasteiger partial charge is 0.362 e. The van der Waals surface area contributed by atoms with Crippen molar-refractivity contribution < 1.29 is 38.2 Å². The third kappa shape index (κ3) is 33.1. The minimum absolute atomic E-state index is 0.0475. The highest BCUT2D eigenvalue weighted by molar-refractivity contribution is 5.72. The van der Waals surface area contributed by atoms with E-state index in [-0.39, 0.29) is 42.7 Å². The second-order valence-corrected chi connectivity index (χ2v) is 14.9. The molecular weight excluding hydrogens is 654 g/mol. The van der Waals surface area contributed by atoms with E-state index in [4.69, 9.17) is 14.2 Å². The van der Waals surface area contributed by atoms with Gasteiger partial charge in [-0.15, -0.1) is 0 Å². The molecule has 8 heteroatoms. The van der Waals surface area contributed by atoms with Crippen molar-refractivity contribution >= 4 is 17.9 Å². The lowest BCUT2D eigenvalue weighted by Crippen LogP contribution is -2.50. The van der Waals surface area contributed by atoms with Crippen molar-refractivity contribution in [1.82, 2.24) is 0 Å². The van der Waals surface area contributed by atoms with Crippen LogP contribution in [0.5, 0.6) is 0 Å². The van der Waals surface area contributed by atoms with Crippen molar-refractivity contribution in [2.24, 2.45) is 0 Å². The summed E-state index contributed by atoms with van der Waals surface area (Å²) in [4.78, 5) is 36.8. The molecular formula is C44H78NO7+. The summed E-state index contributed by atoms with van der Waals surface area (Å²) in [6.07, 6.45) is 40.2. The molecule has 0 rings (SSSR count). The number of nitrogens with zero attached hydrogens (tertiary/aromatic N) is 1. The molecule has 8 nitrogen and oxygen atoms in total. The Kier molecular flexibility index (Phi) is 33.5. The molecule has 0 saturated carbocycles. The van der Waals surface area contributed by atoms with Crippen LogP contribution in [0.4, 0.5) is 0 Å². The fourth-order valence-corrected chi connectivity index (χ4v) is 5.76. The number of aliphatic carboxylic acids is 1. The summed E-state index contributed by atoms with van der Waals surface area (Å²) in [5.74, 6) is -1.52. The first-order valence-electron chi connectivity index (χ1n) is 20.7. The van der Waals surface area contributed by atoms with Crippen LogP contribution < -0.4 is 0 Å². The minimum atomic E-state index is -0.882. The van der Waals surface area contributed by atoms with E-state index >= 15 is 0 Å². The molecule has 0 aliphatic heterocycles. The maximum Gasteiger partial charge on any atom is 0.362 e. The molecule has 2 unspecified atom stereocenters. The lowest BCUT2D eigenvalue weighted by Gasteiger charge is -2.31. The van der Waals surface area contributed by atoms with Gasteiger partial charge in [0.15, 0.2) is 12.1 Å². The monoisotopic (exact) mass is 733 g/mol. The SMILES string of the molecule is CC/C=C/C/C=C/C/C=C/CCCCCCCCCCCC(=O)OCC(COCCC(C(=O)O)[N+](C)(C)C)OC(=O)CCC/C=C/CCCCCC. The maximum atomic E-state index is 12.6. The molecule has 0 bridgehead atoms. The van der Waals surface area contributed by atoms with Gasteiger partial charge in [-0.1, -0.05) is 127 Å². The summed E-state index contributed by atoms with van der Waals surface area (Å²) < 4.78 is 17.2. The molecule has 0 aromatic carbocycles. The molecule has 1 N–H and O–H groups in total. The summed E-state index contributed by atoms with van der Waals surface area (Å²) in [7, 11) is 5.50. The lowest BCUT2D eigenvalue weighted by atomic mass is 10.1. The van der Waals surface area contributed by atoms with E-state index in [2.05, 4.69) is 62.5 Å². The van der Waals surface area contributed by atoms with Crippen LogP contribution in [0.25, 0.3) is 0 Å². The topological polar surface area (TPSA) is 99.1 Å². The Morgan fingerprint density at radius 2 is 1.10 bits per heavy atom. The predicted molar refractivity (Wildman–Crippen MR) is 215 cm³/mol. The molecule has 0 radical (unpaired) electrons. The van der Waals surface area contributed by atoms with Crippen LogP contribution in [0.2, 0.25) is 0 Å². The van der Waals surface area contributed by atoms with Crippen LogP contribution in [0.1, 0.15) is 162 Å². The molecule has 0 aromatic heterocycles. The molecule has 300 valence electrons. The highest BCUT2D eigenvalue weighted by atomic mass is 16.6. The molecule has 0 amide bonds. The number of carboxylic acids is 1. The molecule has 0 saturated heterocycles. The van der Waals surface area contributed by atoms with Crippen molar-refractivity contribution in [3.63, 3.8) is 0 Å². The zero-order valence-corrected chi connectivity index (χ0v) is 34.0. The Morgan fingerprint density at radius 1 is 0.596 bits per heavy atom. The summed E-state index contributed by atoms with van der Waals surface area (Å²) in [5.41, 5.74) is 0. The standard InChI is InChI=1S/C44H77NO7/c1-6-8-10-12-14-16-17-18-19-20-21-22-23-24-25-27-28-30-32-34-42(46)51-39-40(38-50-37-36-41(44(48)49)45(3,4)5)52-43(47)35-33-31-29-26-15-13-11-9-7-2/h8,10,14,16,18-19,26,29,40-41H,6-7,9,11-13,15,17,20-25,27-28,30-39H2,1-5H3/p+1/b10-8+,16-14+,19-18+,29-26+. The van der Waals surface area contributed by atoms with Crippen molar-refractivity contribution in [2.45, 2.75) is 174 Å². The van der Waals surface area contributed by atoms with Crippen LogP contribution >= 0.6 is 0 Å². The van der Waals surface area contributed by atoms with Gasteiger partial charge in [-0.3, -0.25) is 9.59 Å². The fourth-order valence-electron chi connectivity index (χ4n) is 5.76. The number of hydrogen-bond donors (Lipinski definition) is 1. The third-order valence-electron chi connectivity index (χ3n) is 8.96. The first-order valence-corrected chi connectivity index (χ1v) is 20.7. The van der Waals surface area contributed by atoms with Crippen LogP contribution in [0.3, 0.4) is 0 Å². The lowest BCUT2D eigenvalue weighted by molar-refractivity contribution is -0.887. The number of esters is 2. The second kappa shape index (κ2) is 35.3. The van der Waals surface area contributed by atoms with Crippen LogP contribution in [-0.4, -0.2) is 80.6 Å². The Bertz CT molecular complexity index is 995. The maximum absolute atomic E-state index is 12.6. The molecule has 52 heavy (non-hydrogen) atoms. The quantitative estimate of drug-likeness (QED) is 0.0296. The van der Waals surface area contributed by atoms with Gasteiger partial charge in [-0.25, -0.2) is 4.79 Å². The number of carboxylic acid groups (broad SMARTS) is 1. The van der Waals surface area contributed by atoms with Gasteiger partial charge in [0.25, 0.3) is 0 Å². The van der Waals surface area contributed by atoms with Crippen LogP contribution in [0, 0.1) is 0 Å². The van der Waals surface area contributed by atoms with Crippen LogP contribution in [-0.2, 0) is 28.6 Å². The Balaban J connectivity index is 4.30. The van der Waals surface area contributed by atoms with Crippen molar-refractivity contribution in [2.75, 3.05) is 41.0 Å². The number of likely N-dealkylation sites (N-methyl/N-ethyl adjacent to an activating group) is 1. The van der Waals surface area contributed by atoms with Gasteiger partial charge < -0.3 is 23.8 Å². The van der Waals surface area contributed by atoms with Gasteiger partial charge in [-0.05, 0) is 64.2 Å². The molecule has 0 aromatic rings. The largest absolute Gasteiger partial charge is 0.477 e. The third-order valence-corrected chi connectivity index (χ3v) is 8.96. The van der Waals surface area contributed by atoms with Gasteiger partial charge in [0.05, 0.1) is 34.4 Å². The summed E-state index contributed by atoms with van der Waals surface area (Å²) in [5, 5.41) is 9.58. The van der Waals surface area contributed by atoms with E-state index in [1.165, 1.54) is 64.2 Å². The Hall–Kier alpha value is -2.71. The minimum Gasteiger partial charge on any atom is -0.477 e. The number of quaternary nitrogens is 1. The average molecular weight is 733 g/mol. The van der Waals surface area contributed by atoms with Crippen molar-refractivity contribution in [1.29, 1.82) is 0 Å².